The molecule has 0 fully saturated rings. The highest BCUT2D eigenvalue weighted by atomic mass is 32.1. The summed E-state index contributed by atoms with van der Waals surface area (Å²) in [6.45, 7) is 4.38. The third-order valence-electron chi connectivity index (χ3n) is 2.35. The van der Waals surface area contributed by atoms with Gasteiger partial charge in [-0.25, -0.2) is 0 Å². The van der Waals surface area contributed by atoms with Gasteiger partial charge in [-0.15, -0.1) is 22.7 Å². The fraction of sp³-hybridized carbons (Fsp3) is 0.364. The van der Waals surface area contributed by atoms with E-state index in [1.807, 2.05) is 11.7 Å². The van der Waals surface area contributed by atoms with Crippen molar-refractivity contribution in [3.05, 3.63) is 39.0 Å². The smallest absolute Gasteiger partial charge is 0.0794 e. The summed E-state index contributed by atoms with van der Waals surface area (Å²) in [5.74, 6) is 0. The molecule has 15 heavy (non-hydrogen) atoms. The van der Waals surface area contributed by atoms with Gasteiger partial charge >= 0.3 is 0 Å². The molecule has 2 atom stereocenters. The molecule has 2 rings (SSSR count). The fourth-order valence-corrected chi connectivity index (χ4v) is 2.90. The number of nitrogens with zero attached hydrogens (tertiary/aromatic N) is 1. The average molecular weight is 238 g/mol. The van der Waals surface area contributed by atoms with E-state index in [1.165, 1.54) is 9.75 Å². The van der Waals surface area contributed by atoms with E-state index >= 15 is 0 Å². The average Bonchev–Trinajstić information content (AvgIpc) is 2.91. The van der Waals surface area contributed by atoms with Gasteiger partial charge in [0.1, 0.15) is 0 Å². The minimum atomic E-state index is 0.370. The van der Waals surface area contributed by atoms with E-state index in [1.54, 1.807) is 22.7 Å². The van der Waals surface area contributed by atoms with Crippen LogP contribution >= 0.6 is 22.7 Å². The summed E-state index contributed by atoms with van der Waals surface area (Å²) in [7, 11) is 0. The van der Waals surface area contributed by atoms with Gasteiger partial charge in [-0.1, -0.05) is 6.07 Å². The zero-order valence-electron chi connectivity index (χ0n) is 8.81. The molecule has 0 aliphatic rings. The van der Waals surface area contributed by atoms with Crippen molar-refractivity contribution in [1.29, 1.82) is 0 Å². The van der Waals surface area contributed by atoms with Gasteiger partial charge in [0.05, 0.1) is 5.51 Å². The Bertz CT molecular complexity index is 342. The first-order valence-electron chi connectivity index (χ1n) is 4.95. The van der Waals surface area contributed by atoms with Crippen LogP contribution in [0.15, 0.2) is 29.2 Å². The Morgan fingerprint density at radius 2 is 2.00 bits per heavy atom. The number of rotatable bonds is 4. The fourth-order valence-electron chi connectivity index (χ4n) is 1.52. The molecule has 0 radical (unpaired) electrons. The molecule has 0 aromatic carbocycles. The summed E-state index contributed by atoms with van der Waals surface area (Å²) < 4.78 is 0. The van der Waals surface area contributed by atoms with Crippen LogP contribution in [0.1, 0.15) is 35.7 Å². The number of hydrogen-bond acceptors (Lipinski definition) is 4. The third kappa shape index (κ3) is 2.65. The van der Waals surface area contributed by atoms with E-state index in [0.29, 0.717) is 12.1 Å². The first-order chi connectivity index (χ1) is 7.27. The molecule has 2 heterocycles. The molecule has 0 aliphatic heterocycles. The number of thiophene rings is 1. The highest BCUT2D eigenvalue weighted by Crippen LogP contribution is 2.23. The standard InChI is InChI=1S/C11H14N2S2/c1-8(10-4-3-5-14-10)13-9(2)11-6-12-7-15-11/h3-9,13H,1-2H3/t8-,9?/m1/s1. The quantitative estimate of drug-likeness (QED) is 0.880. The minimum Gasteiger partial charge on any atom is -0.302 e. The molecule has 0 bridgehead atoms. The van der Waals surface area contributed by atoms with Gasteiger partial charge in [0.25, 0.3) is 0 Å². The molecular weight excluding hydrogens is 224 g/mol. The van der Waals surface area contributed by atoms with E-state index in [9.17, 15) is 0 Å². The molecule has 0 aliphatic carbocycles. The van der Waals surface area contributed by atoms with Gasteiger partial charge in [0, 0.05) is 28.0 Å². The summed E-state index contributed by atoms with van der Waals surface area (Å²) in [4.78, 5) is 6.77. The Kier molecular flexibility index (Phi) is 3.51. The Hall–Kier alpha value is -0.710. The minimum absolute atomic E-state index is 0.370. The number of nitrogens with one attached hydrogen (secondary N) is 1. The van der Waals surface area contributed by atoms with Gasteiger partial charge in [0.2, 0.25) is 0 Å². The summed E-state index contributed by atoms with van der Waals surface area (Å²) in [5, 5.41) is 5.68. The highest BCUT2D eigenvalue weighted by Gasteiger charge is 2.12. The van der Waals surface area contributed by atoms with Crippen LogP contribution in [-0.2, 0) is 0 Å². The SMILES string of the molecule is CC(N[C@H](C)c1cccs1)c1cncs1. The van der Waals surface area contributed by atoms with Gasteiger partial charge in [-0.2, -0.15) is 0 Å². The van der Waals surface area contributed by atoms with Gasteiger partial charge < -0.3 is 5.32 Å². The van der Waals surface area contributed by atoms with Crippen LogP contribution in [0.4, 0.5) is 0 Å². The Morgan fingerprint density at radius 3 is 2.60 bits per heavy atom. The molecule has 80 valence electrons. The molecular formula is C11H14N2S2. The van der Waals surface area contributed by atoms with Crippen LogP contribution in [0.2, 0.25) is 0 Å². The second-order valence-electron chi connectivity index (χ2n) is 3.53. The summed E-state index contributed by atoms with van der Waals surface area (Å²) >= 11 is 3.50. The van der Waals surface area contributed by atoms with Crippen molar-refractivity contribution in [3.8, 4) is 0 Å². The molecule has 0 spiro atoms. The Morgan fingerprint density at radius 1 is 1.20 bits per heavy atom. The van der Waals surface area contributed by atoms with Crippen molar-refractivity contribution in [3.63, 3.8) is 0 Å². The first-order valence-corrected chi connectivity index (χ1v) is 6.71. The topological polar surface area (TPSA) is 24.9 Å². The molecule has 1 unspecified atom stereocenters. The van der Waals surface area contributed by atoms with Crippen molar-refractivity contribution in [2.24, 2.45) is 0 Å². The van der Waals surface area contributed by atoms with Gasteiger partial charge in [-0.3, -0.25) is 4.98 Å². The van der Waals surface area contributed by atoms with E-state index in [2.05, 4.69) is 41.7 Å². The maximum Gasteiger partial charge on any atom is 0.0794 e. The Balaban J connectivity index is 1.98. The van der Waals surface area contributed by atoms with Crippen LogP contribution in [-0.4, -0.2) is 4.98 Å². The molecule has 0 saturated carbocycles. The Labute approximate surface area is 98.0 Å². The largest absolute Gasteiger partial charge is 0.302 e. The van der Waals surface area contributed by atoms with Crippen molar-refractivity contribution in [2.75, 3.05) is 0 Å². The van der Waals surface area contributed by atoms with Crippen LogP contribution in [0.25, 0.3) is 0 Å². The van der Waals surface area contributed by atoms with E-state index in [0.717, 1.165) is 0 Å². The first kappa shape index (κ1) is 10.8. The van der Waals surface area contributed by atoms with Crippen molar-refractivity contribution in [1.82, 2.24) is 10.3 Å². The van der Waals surface area contributed by atoms with Gasteiger partial charge in [-0.05, 0) is 25.3 Å². The summed E-state index contributed by atoms with van der Waals surface area (Å²) in [6.07, 6.45) is 1.93. The predicted octanol–water partition coefficient (Wildman–Crippen LogP) is 3.62. The number of thiazole rings is 1. The lowest BCUT2D eigenvalue weighted by atomic mass is 10.2. The van der Waals surface area contributed by atoms with E-state index in [4.69, 9.17) is 0 Å². The lowest BCUT2D eigenvalue weighted by Crippen LogP contribution is -2.21. The van der Waals surface area contributed by atoms with E-state index in [-0.39, 0.29) is 0 Å². The lowest BCUT2D eigenvalue weighted by Gasteiger charge is -2.17. The van der Waals surface area contributed by atoms with E-state index < -0.39 is 0 Å². The summed E-state index contributed by atoms with van der Waals surface area (Å²) in [6, 6.07) is 5.04. The third-order valence-corrected chi connectivity index (χ3v) is 4.36. The van der Waals surface area contributed by atoms with Crippen LogP contribution < -0.4 is 5.32 Å². The zero-order chi connectivity index (χ0) is 10.7. The number of aromatic nitrogens is 1. The lowest BCUT2D eigenvalue weighted by molar-refractivity contribution is 0.505. The van der Waals surface area contributed by atoms with Crippen LogP contribution in [0.5, 0.6) is 0 Å². The zero-order valence-corrected chi connectivity index (χ0v) is 10.4. The second-order valence-corrected chi connectivity index (χ2v) is 5.43. The van der Waals surface area contributed by atoms with Crippen molar-refractivity contribution >= 4 is 22.7 Å². The molecule has 2 aromatic heterocycles. The predicted molar refractivity (Wildman–Crippen MR) is 66.4 cm³/mol. The monoisotopic (exact) mass is 238 g/mol. The van der Waals surface area contributed by atoms with Crippen LogP contribution in [0, 0.1) is 0 Å². The maximum atomic E-state index is 4.09. The van der Waals surface area contributed by atoms with Crippen molar-refractivity contribution < 1.29 is 0 Å². The molecule has 0 amide bonds. The maximum absolute atomic E-state index is 4.09. The van der Waals surface area contributed by atoms with Crippen LogP contribution in [0.3, 0.4) is 0 Å². The molecule has 1 N–H and O–H groups in total. The number of hydrogen-bond donors (Lipinski definition) is 1. The van der Waals surface area contributed by atoms with Gasteiger partial charge in [0.15, 0.2) is 0 Å². The summed E-state index contributed by atoms with van der Waals surface area (Å²) in [5.41, 5.74) is 1.88. The molecule has 2 nitrogen and oxygen atoms in total. The molecule has 2 aromatic rings. The normalized spacial score (nSPS) is 15.1. The molecule has 0 saturated heterocycles. The molecule has 4 heteroatoms. The highest BCUT2D eigenvalue weighted by molar-refractivity contribution is 7.10. The second kappa shape index (κ2) is 4.88. The van der Waals surface area contributed by atoms with Crippen molar-refractivity contribution in [2.45, 2.75) is 25.9 Å².